The molecule has 6 nitrogen and oxygen atoms in total. The Morgan fingerprint density at radius 2 is 2.31 bits per heavy atom. The molecule has 2 aliphatic rings. The lowest BCUT2D eigenvalue weighted by molar-refractivity contribution is -0.0432. The first-order valence-corrected chi connectivity index (χ1v) is 10.0. The highest BCUT2D eigenvalue weighted by atomic mass is 127. The van der Waals surface area contributed by atoms with Gasteiger partial charge in [-0.1, -0.05) is 0 Å². The highest BCUT2D eigenvalue weighted by Gasteiger charge is 2.32. The van der Waals surface area contributed by atoms with Crippen molar-refractivity contribution in [2.75, 3.05) is 39.8 Å². The van der Waals surface area contributed by atoms with Crippen molar-refractivity contribution in [1.82, 2.24) is 19.7 Å². The third-order valence-corrected chi connectivity index (χ3v) is 5.51. The number of guanidine groups is 1. The van der Waals surface area contributed by atoms with Crippen LogP contribution in [-0.2, 0) is 18.3 Å². The van der Waals surface area contributed by atoms with E-state index in [1.807, 2.05) is 0 Å². The van der Waals surface area contributed by atoms with Crippen molar-refractivity contribution in [3.05, 3.63) is 22.4 Å². The zero-order valence-electron chi connectivity index (χ0n) is 15.9. The number of nitrogens with zero attached hydrogens (tertiary/aromatic N) is 4. The van der Waals surface area contributed by atoms with Gasteiger partial charge in [-0.25, -0.2) is 0 Å². The van der Waals surface area contributed by atoms with Crippen LogP contribution in [0.25, 0.3) is 0 Å². The van der Waals surface area contributed by atoms with Gasteiger partial charge in [0.25, 0.3) is 0 Å². The smallest absolute Gasteiger partial charge is 0.194 e. The molecule has 2 atom stereocenters. The minimum atomic E-state index is 0. The number of nitrogens with one attached hydrogen (secondary N) is 1. The van der Waals surface area contributed by atoms with Gasteiger partial charge >= 0.3 is 0 Å². The van der Waals surface area contributed by atoms with E-state index in [2.05, 4.69) is 68.9 Å². The van der Waals surface area contributed by atoms with Crippen molar-refractivity contribution in [2.24, 2.45) is 12.0 Å². The molecular formula is C18H31BrIN5O. The van der Waals surface area contributed by atoms with Gasteiger partial charge in [-0.05, 0) is 48.3 Å². The fourth-order valence-electron chi connectivity index (χ4n) is 3.70. The summed E-state index contributed by atoms with van der Waals surface area (Å²) >= 11 is 3.54. The van der Waals surface area contributed by atoms with Gasteiger partial charge in [0, 0.05) is 49.6 Å². The zero-order valence-corrected chi connectivity index (χ0v) is 19.9. The fraction of sp³-hybridized carbons (Fsp3) is 0.722. The van der Waals surface area contributed by atoms with Crippen molar-refractivity contribution >= 4 is 45.9 Å². The Balaban J connectivity index is 0.00000243. The molecule has 26 heavy (non-hydrogen) atoms. The van der Waals surface area contributed by atoms with E-state index in [-0.39, 0.29) is 30.1 Å². The molecule has 1 aromatic rings. The van der Waals surface area contributed by atoms with Crippen LogP contribution in [0.3, 0.4) is 0 Å². The van der Waals surface area contributed by atoms with Crippen molar-refractivity contribution in [2.45, 2.75) is 38.5 Å². The van der Waals surface area contributed by atoms with Crippen LogP contribution in [0.1, 0.15) is 25.5 Å². The number of aryl methyl sites for hydroxylation is 1. The predicted molar refractivity (Wildman–Crippen MR) is 120 cm³/mol. The van der Waals surface area contributed by atoms with E-state index in [1.165, 1.54) is 25.1 Å². The Labute approximate surface area is 182 Å². The van der Waals surface area contributed by atoms with E-state index in [9.17, 15) is 0 Å². The van der Waals surface area contributed by atoms with Crippen LogP contribution in [0, 0.1) is 0 Å². The molecule has 2 aliphatic heterocycles. The van der Waals surface area contributed by atoms with Gasteiger partial charge in [0.1, 0.15) is 0 Å². The first-order chi connectivity index (χ1) is 12.1. The Kier molecular flexibility index (Phi) is 8.69. The minimum Gasteiger partial charge on any atom is -0.373 e. The molecule has 8 heteroatoms. The number of ether oxygens (including phenoxy) is 1. The van der Waals surface area contributed by atoms with Crippen LogP contribution in [0.4, 0.5) is 0 Å². The molecule has 2 unspecified atom stereocenters. The highest BCUT2D eigenvalue weighted by molar-refractivity contribution is 14.0. The summed E-state index contributed by atoms with van der Waals surface area (Å²) in [5.74, 6) is 0.937. The molecule has 0 amide bonds. The third kappa shape index (κ3) is 5.59. The standard InChI is InChI=1S/C18H30BrN5O.HI/c1-4-20-18(23(3)11-16-8-14(19)10-22(16)2)21-9-17-12-24-7-5-6-15(24)13-25-17;/h8,10,15,17H,4-7,9,11-13H2,1-3H3,(H,20,21);1H. The lowest BCUT2D eigenvalue weighted by Gasteiger charge is -2.34. The largest absolute Gasteiger partial charge is 0.373 e. The van der Waals surface area contributed by atoms with E-state index in [1.54, 1.807) is 0 Å². The topological polar surface area (TPSA) is 45.0 Å². The Hall–Kier alpha value is -0.320. The Bertz CT molecular complexity index is 608. The summed E-state index contributed by atoms with van der Waals surface area (Å²) in [5.41, 5.74) is 1.24. The zero-order chi connectivity index (χ0) is 17.8. The summed E-state index contributed by atoms with van der Waals surface area (Å²) in [6.07, 6.45) is 4.88. The first-order valence-electron chi connectivity index (χ1n) is 9.22. The summed E-state index contributed by atoms with van der Waals surface area (Å²) < 4.78 is 9.28. The molecule has 2 saturated heterocycles. The van der Waals surface area contributed by atoms with Crippen LogP contribution >= 0.6 is 39.9 Å². The summed E-state index contributed by atoms with van der Waals surface area (Å²) in [5, 5.41) is 3.40. The SMILES string of the molecule is CCNC(=NCC1CN2CCCC2CO1)N(C)Cc1cc(Br)cn1C.I. The molecule has 1 N–H and O–H groups in total. The second-order valence-corrected chi connectivity index (χ2v) is 7.97. The van der Waals surface area contributed by atoms with Gasteiger partial charge in [0.15, 0.2) is 5.96 Å². The molecule has 0 spiro atoms. The lowest BCUT2D eigenvalue weighted by Crippen LogP contribution is -2.47. The molecule has 148 valence electrons. The minimum absolute atomic E-state index is 0. The second-order valence-electron chi connectivity index (χ2n) is 7.06. The normalized spacial score (nSPS) is 23.5. The van der Waals surface area contributed by atoms with Crippen LogP contribution in [0.15, 0.2) is 21.7 Å². The second kappa shape index (κ2) is 10.3. The number of fused-ring (bicyclic) bond motifs is 1. The summed E-state index contributed by atoms with van der Waals surface area (Å²) in [7, 11) is 4.15. The average molecular weight is 540 g/mol. The van der Waals surface area contributed by atoms with Crippen molar-refractivity contribution in [1.29, 1.82) is 0 Å². The number of hydrogen-bond donors (Lipinski definition) is 1. The van der Waals surface area contributed by atoms with Crippen LogP contribution in [-0.4, -0.2) is 72.3 Å². The fourth-order valence-corrected chi connectivity index (χ4v) is 4.27. The molecule has 3 rings (SSSR count). The molecule has 3 heterocycles. The maximum Gasteiger partial charge on any atom is 0.194 e. The maximum atomic E-state index is 6.04. The molecule has 0 aliphatic carbocycles. The number of aliphatic imine (C=N–C) groups is 1. The first kappa shape index (κ1) is 22.0. The average Bonchev–Trinajstić information content (AvgIpc) is 3.17. The van der Waals surface area contributed by atoms with E-state index >= 15 is 0 Å². The lowest BCUT2D eigenvalue weighted by atomic mass is 10.2. The van der Waals surface area contributed by atoms with Gasteiger partial charge in [-0.3, -0.25) is 9.89 Å². The number of aromatic nitrogens is 1. The van der Waals surface area contributed by atoms with Crippen LogP contribution < -0.4 is 5.32 Å². The van der Waals surface area contributed by atoms with E-state index in [0.717, 1.165) is 36.7 Å². The summed E-state index contributed by atoms with van der Waals surface area (Å²) in [4.78, 5) is 9.59. The number of morpholine rings is 1. The third-order valence-electron chi connectivity index (χ3n) is 5.08. The van der Waals surface area contributed by atoms with E-state index in [0.29, 0.717) is 12.6 Å². The number of halogens is 2. The van der Waals surface area contributed by atoms with E-state index < -0.39 is 0 Å². The van der Waals surface area contributed by atoms with Crippen LogP contribution in [0.5, 0.6) is 0 Å². The molecule has 0 saturated carbocycles. The van der Waals surface area contributed by atoms with E-state index in [4.69, 9.17) is 9.73 Å². The Morgan fingerprint density at radius 3 is 3.00 bits per heavy atom. The summed E-state index contributed by atoms with van der Waals surface area (Å²) in [6.45, 7) is 7.59. The van der Waals surface area contributed by atoms with Crippen molar-refractivity contribution in [3.8, 4) is 0 Å². The van der Waals surface area contributed by atoms with Crippen LogP contribution in [0.2, 0.25) is 0 Å². The van der Waals surface area contributed by atoms with Gasteiger partial charge in [0.05, 0.1) is 25.8 Å². The molecule has 2 fully saturated rings. The number of hydrogen-bond acceptors (Lipinski definition) is 3. The molecule has 1 aromatic heterocycles. The van der Waals surface area contributed by atoms with Gasteiger partial charge in [-0.2, -0.15) is 0 Å². The predicted octanol–water partition coefficient (Wildman–Crippen LogP) is 2.67. The van der Waals surface area contributed by atoms with Crippen molar-refractivity contribution < 1.29 is 4.74 Å². The highest BCUT2D eigenvalue weighted by Crippen LogP contribution is 2.22. The maximum absolute atomic E-state index is 6.04. The van der Waals surface area contributed by atoms with Gasteiger partial charge < -0.3 is 19.5 Å². The number of rotatable bonds is 5. The summed E-state index contributed by atoms with van der Waals surface area (Å²) in [6, 6.07) is 2.80. The molecule has 0 aromatic carbocycles. The molecular weight excluding hydrogens is 509 g/mol. The molecule has 0 radical (unpaired) electrons. The molecule has 0 bridgehead atoms. The van der Waals surface area contributed by atoms with Gasteiger partial charge in [0.2, 0.25) is 0 Å². The quantitative estimate of drug-likeness (QED) is 0.355. The monoisotopic (exact) mass is 539 g/mol. The van der Waals surface area contributed by atoms with Crippen molar-refractivity contribution in [3.63, 3.8) is 0 Å². The van der Waals surface area contributed by atoms with Gasteiger partial charge in [-0.15, -0.1) is 24.0 Å². The Morgan fingerprint density at radius 1 is 1.50 bits per heavy atom.